The third kappa shape index (κ3) is 2.70. The normalized spacial score (nSPS) is 18.8. The molecule has 0 aromatic carbocycles. The number of aromatic nitrogens is 2. The number of nitrogens with one attached hydrogen (secondary N) is 1. The molecule has 6 heteroatoms. The van der Waals surface area contributed by atoms with E-state index >= 15 is 0 Å². The summed E-state index contributed by atoms with van der Waals surface area (Å²) < 4.78 is 10.7. The highest BCUT2D eigenvalue weighted by atomic mass is 32.2. The van der Waals surface area contributed by atoms with E-state index < -0.39 is 0 Å². The molecule has 1 aromatic rings. The Morgan fingerprint density at radius 1 is 1.60 bits per heavy atom. The smallest absolute Gasteiger partial charge is 0.252 e. The highest BCUT2D eigenvalue weighted by molar-refractivity contribution is 7.97. The lowest BCUT2D eigenvalue weighted by Crippen LogP contribution is -2.58. The van der Waals surface area contributed by atoms with Crippen molar-refractivity contribution in [3.05, 3.63) is 11.7 Å². The van der Waals surface area contributed by atoms with Crippen molar-refractivity contribution in [2.75, 3.05) is 19.3 Å². The number of ether oxygens (including phenoxy) is 1. The lowest BCUT2D eigenvalue weighted by atomic mass is 10.0. The zero-order valence-electron chi connectivity index (χ0n) is 8.95. The van der Waals surface area contributed by atoms with Crippen LogP contribution in [-0.2, 0) is 17.1 Å². The third-order valence-corrected chi connectivity index (χ3v) is 2.87. The first kappa shape index (κ1) is 10.9. The number of nitrogens with zero attached hydrogens (tertiary/aromatic N) is 2. The van der Waals surface area contributed by atoms with Gasteiger partial charge in [0.2, 0.25) is 0 Å². The van der Waals surface area contributed by atoms with Crippen LogP contribution in [0.5, 0.6) is 0 Å². The fourth-order valence-corrected chi connectivity index (χ4v) is 1.73. The Labute approximate surface area is 93.0 Å². The summed E-state index contributed by atoms with van der Waals surface area (Å²) in [4.78, 5) is 4.22. The van der Waals surface area contributed by atoms with Crippen LogP contribution in [0, 0.1) is 0 Å². The molecule has 15 heavy (non-hydrogen) atoms. The van der Waals surface area contributed by atoms with E-state index in [0.717, 1.165) is 24.7 Å². The molecule has 0 aliphatic carbocycles. The van der Waals surface area contributed by atoms with Gasteiger partial charge in [-0.3, -0.25) is 0 Å². The van der Waals surface area contributed by atoms with Crippen LogP contribution in [-0.4, -0.2) is 35.1 Å². The van der Waals surface area contributed by atoms with Crippen molar-refractivity contribution < 1.29 is 9.26 Å². The second kappa shape index (κ2) is 4.51. The molecule has 0 saturated carbocycles. The average molecular weight is 229 g/mol. The molecule has 1 aliphatic heterocycles. The fourth-order valence-electron chi connectivity index (χ4n) is 1.35. The third-order valence-electron chi connectivity index (χ3n) is 2.33. The van der Waals surface area contributed by atoms with Gasteiger partial charge in [-0.15, -0.1) is 0 Å². The number of thioether (sulfide) groups is 1. The molecule has 2 heterocycles. The quantitative estimate of drug-likeness (QED) is 0.806. The summed E-state index contributed by atoms with van der Waals surface area (Å²) in [7, 11) is 0. The van der Waals surface area contributed by atoms with Crippen molar-refractivity contribution in [3.8, 4) is 0 Å². The van der Waals surface area contributed by atoms with E-state index in [1.165, 1.54) is 0 Å². The first-order valence-electron chi connectivity index (χ1n) is 4.87. The second-order valence-corrected chi connectivity index (χ2v) is 4.75. The van der Waals surface area contributed by atoms with Gasteiger partial charge in [0.25, 0.3) is 5.89 Å². The lowest BCUT2D eigenvalue weighted by Gasteiger charge is -2.38. The van der Waals surface area contributed by atoms with E-state index in [0.29, 0.717) is 12.5 Å². The molecule has 0 atom stereocenters. The van der Waals surface area contributed by atoms with E-state index in [1.54, 1.807) is 11.8 Å². The van der Waals surface area contributed by atoms with E-state index in [-0.39, 0.29) is 5.60 Å². The molecule has 2 rings (SSSR count). The Hall–Kier alpha value is -0.590. The summed E-state index contributed by atoms with van der Waals surface area (Å²) in [6.45, 7) is 4.25. The van der Waals surface area contributed by atoms with Crippen LogP contribution in [0.4, 0.5) is 0 Å². The Bertz CT molecular complexity index is 325. The van der Waals surface area contributed by atoms with Gasteiger partial charge in [-0.1, -0.05) is 5.16 Å². The molecule has 0 radical (unpaired) electrons. The maximum Gasteiger partial charge on any atom is 0.252 e. The van der Waals surface area contributed by atoms with Crippen LogP contribution in [0.15, 0.2) is 4.52 Å². The Morgan fingerprint density at radius 3 is 3.00 bits per heavy atom. The molecule has 1 aromatic heterocycles. The maximum absolute atomic E-state index is 5.68. The molecule has 0 amide bonds. The van der Waals surface area contributed by atoms with Crippen LogP contribution in [0.25, 0.3) is 0 Å². The van der Waals surface area contributed by atoms with Crippen molar-refractivity contribution in [3.63, 3.8) is 0 Å². The summed E-state index contributed by atoms with van der Waals surface area (Å²) in [6.07, 6.45) is 2.01. The largest absolute Gasteiger partial charge is 0.363 e. The van der Waals surface area contributed by atoms with Crippen LogP contribution in [0.3, 0.4) is 0 Å². The Morgan fingerprint density at radius 2 is 2.40 bits per heavy atom. The predicted molar refractivity (Wildman–Crippen MR) is 57.6 cm³/mol. The number of rotatable bonds is 5. The summed E-state index contributed by atoms with van der Waals surface area (Å²) in [5.41, 5.74) is -0.0614. The minimum atomic E-state index is -0.0614. The van der Waals surface area contributed by atoms with Crippen molar-refractivity contribution in [2.45, 2.75) is 24.9 Å². The van der Waals surface area contributed by atoms with Gasteiger partial charge in [0.05, 0.1) is 11.4 Å². The summed E-state index contributed by atoms with van der Waals surface area (Å²) in [6, 6.07) is 0. The first-order valence-corrected chi connectivity index (χ1v) is 6.26. The minimum Gasteiger partial charge on any atom is -0.363 e. The fraction of sp³-hybridized carbons (Fsp3) is 0.778. The molecular formula is C9H15N3O2S. The van der Waals surface area contributed by atoms with Crippen molar-refractivity contribution in [1.82, 2.24) is 15.5 Å². The standard InChI is InChI=1S/C9H15N3O2S/c1-9(5-10-6-9)13-3-8-11-7(4-15-2)12-14-8/h10H,3-6H2,1-2H3. The zero-order chi connectivity index (χ0) is 10.7. The summed E-state index contributed by atoms with van der Waals surface area (Å²) >= 11 is 1.67. The average Bonchev–Trinajstić information content (AvgIpc) is 2.60. The summed E-state index contributed by atoms with van der Waals surface area (Å²) in [5.74, 6) is 2.08. The van der Waals surface area contributed by atoms with E-state index in [1.807, 2.05) is 6.26 Å². The van der Waals surface area contributed by atoms with Gasteiger partial charge in [-0.05, 0) is 13.2 Å². The first-order chi connectivity index (χ1) is 7.22. The van der Waals surface area contributed by atoms with E-state index in [2.05, 4.69) is 22.4 Å². The number of hydrogen-bond donors (Lipinski definition) is 1. The highest BCUT2D eigenvalue weighted by Crippen LogP contribution is 2.17. The van der Waals surface area contributed by atoms with Crippen molar-refractivity contribution >= 4 is 11.8 Å². The Balaban J connectivity index is 1.82. The van der Waals surface area contributed by atoms with Gasteiger partial charge in [0.15, 0.2) is 5.82 Å². The molecule has 1 saturated heterocycles. The zero-order valence-corrected chi connectivity index (χ0v) is 9.76. The van der Waals surface area contributed by atoms with Gasteiger partial charge in [-0.25, -0.2) is 0 Å². The Kier molecular flexibility index (Phi) is 3.28. The van der Waals surface area contributed by atoms with Crippen molar-refractivity contribution in [2.24, 2.45) is 0 Å². The molecule has 1 N–H and O–H groups in total. The van der Waals surface area contributed by atoms with Gasteiger partial charge in [0.1, 0.15) is 6.61 Å². The molecule has 84 valence electrons. The van der Waals surface area contributed by atoms with Crippen LogP contribution >= 0.6 is 11.8 Å². The monoisotopic (exact) mass is 229 g/mol. The molecular weight excluding hydrogens is 214 g/mol. The van der Waals surface area contributed by atoms with Crippen LogP contribution in [0.2, 0.25) is 0 Å². The van der Waals surface area contributed by atoms with Gasteiger partial charge < -0.3 is 14.6 Å². The second-order valence-electron chi connectivity index (χ2n) is 3.88. The molecule has 0 spiro atoms. The predicted octanol–water partition coefficient (Wildman–Crippen LogP) is 0.811. The minimum absolute atomic E-state index is 0.0614. The van der Waals surface area contributed by atoms with Crippen molar-refractivity contribution in [1.29, 1.82) is 0 Å². The summed E-state index contributed by atoms with van der Waals surface area (Å²) in [5, 5.41) is 7.02. The lowest BCUT2D eigenvalue weighted by molar-refractivity contribution is -0.0841. The van der Waals surface area contributed by atoms with Gasteiger partial charge >= 0.3 is 0 Å². The molecule has 1 aliphatic rings. The SMILES string of the molecule is CSCc1noc(COC2(C)CNC2)n1. The highest BCUT2D eigenvalue weighted by Gasteiger charge is 2.32. The van der Waals surface area contributed by atoms with Gasteiger partial charge in [0, 0.05) is 13.1 Å². The van der Waals surface area contributed by atoms with Crippen LogP contribution < -0.4 is 5.32 Å². The molecule has 0 bridgehead atoms. The van der Waals surface area contributed by atoms with E-state index in [9.17, 15) is 0 Å². The molecule has 1 fully saturated rings. The maximum atomic E-state index is 5.68. The molecule has 0 unspecified atom stereocenters. The van der Waals surface area contributed by atoms with E-state index in [4.69, 9.17) is 9.26 Å². The van der Waals surface area contributed by atoms with Gasteiger partial charge in [-0.2, -0.15) is 16.7 Å². The topological polar surface area (TPSA) is 60.2 Å². The molecule has 5 nitrogen and oxygen atoms in total. The number of hydrogen-bond acceptors (Lipinski definition) is 6. The van der Waals surface area contributed by atoms with Crippen LogP contribution in [0.1, 0.15) is 18.6 Å².